The average molecular weight is 446 g/mol. The Balaban J connectivity index is 1.73. The molecule has 2 heterocycles. The lowest BCUT2D eigenvalue weighted by Crippen LogP contribution is -2.44. The summed E-state index contributed by atoms with van der Waals surface area (Å²) >= 11 is 0. The van der Waals surface area contributed by atoms with Crippen LogP contribution in [-0.4, -0.2) is 53.8 Å². The first-order chi connectivity index (χ1) is 14.9. The lowest BCUT2D eigenvalue weighted by molar-refractivity contribution is 0.0589. The van der Waals surface area contributed by atoms with Gasteiger partial charge in [-0.25, -0.2) is 8.42 Å². The molecule has 0 N–H and O–H groups in total. The van der Waals surface area contributed by atoms with Crippen LogP contribution < -0.4 is 0 Å². The Hall–Kier alpha value is -2.12. The van der Waals surface area contributed by atoms with E-state index in [1.165, 1.54) is 9.87 Å². The van der Waals surface area contributed by atoms with E-state index in [-0.39, 0.29) is 16.8 Å². The number of piperidine rings is 1. The molecule has 1 aliphatic rings. The minimum atomic E-state index is -3.58. The molecule has 0 aliphatic carbocycles. The van der Waals surface area contributed by atoms with Crippen LogP contribution in [0.4, 0.5) is 0 Å². The third kappa shape index (κ3) is 5.39. The predicted molar refractivity (Wildman–Crippen MR) is 124 cm³/mol. The Labute approximate surface area is 186 Å². The third-order valence-electron chi connectivity index (χ3n) is 6.28. The average Bonchev–Trinajstić information content (AvgIpc) is 3.17. The van der Waals surface area contributed by atoms with Crippen LogP contribution in [-0.2, 0) is 23.5 Å². The zero-order chi connectivity index (χ0) is 22.4. The standard InChI is InChI=1S/C24H35N3O3S/c1-4-26(5-2)31(29,30)22-18-23(25(3)19-22)24(28)27-17-10-9-15-21(27)16-11-14-20-12-7-6-8-13-20/h6-8,12-13,18-19,21H,4-5,9-11,14-17H2,1-3H3/t21-/m0/s1. The molecule has 170 valence electrons. The molecule has 0 saturated carbocycles. The Morgan fingerprint density at radius 2 is 1.84 bits per heavy atom. The fraction of sp³-hybridized carbons (Fsp3) is 0.542. The molecule has 2 aromatic rings. The van der Waals surface area contributed by atoms with Gasteiger partial charge in [0.15, 0.2) is 0 Å². The lowest BCUT2D eigenvalue weighted by atomic mass is 9.95. The lowest BCUT2D eigenvalue weighted by Gasteiger charge is -2.36. The van der Waals surface area contributed by atoms with E-state index in [1.807, 2.05) is 24.8 Å². The fourth-order valence-corrected chi connectivity index (χ4v) is 6.03. The summed E-state index contributed by atoms with van der Waals surface area (Å²) in [6.07, 6.45) is 7.72. The van der Waals surface area contributed by atoms with Gasteiger partial charge in [0.1, 0.15) is 10.6 Å². The van der Waals surface area contributed by atoms with Crippen LogP contribution in [0.1, 0.15) is 62.0 Å². The number of hydrogen-bond donors (Lipinski definition) is 0. The van der Waals surface area contributed by atoms with Gasteiger partial charge in [-0.2, -0.15) is 4.31 Å². The largest absolute Gasteiger partial charge is 0.345 e. The molecular formula is C24H35N3O3S. The van der Waals surface area contributed by atoms with E-state index in [2.05, 4.69) is 24.3 Å². The highest BCUT2D eigenvalue weighted by Gasteiger charge is 2.31. The monoisotopic (exact) mass is 445 g/mol. The second-order valence-corrected chi connectivity index (χ2v) is 10.2. The van der Waals surface area contributed by atoms with E-state index in [0.717, 1.165) is 45.1 Å². The molecule has 0 spiro atoms. The van der Waals surface area contributed by atoms with Crippen molar-refractivity contribution in [3.8, 4) is 0 Å². The van der Waals surface area contributed by atoms with Gasteiger partial charge in [0.05, 0.1) is 0 Å². The van der Waals surface area contributed by atoms with E-state index in [1.54, 1.807) is 23.9 Å². The number of likely N-dealkylation sites (tertiary alicyclic amines) is 1. The molecule has 0 bridgehead atoms. The second kappa shape index (κ2) is 10.5. The van der Waals surface area contributed by atoms with E-state index in [4.69, 9.17) is 0 Å². The SMILES string of the molecule is CCN(CC)S(=O)(=O)c1cc(C(=O)N2CCCC[C@H]2CCCc2ccccc2)n(C)c1. The van der Waals surface area contributed by atoms with Gasteiger partial charge < -0.3 is 9.47 Å². The maximum absolute atomic E-state index is 13.4. The summed E-state index contributed by atoms with van der Waals surface area (Å²) in [5.74, 6) is -0.0621. The molecule has 31 heavy (non-hydrogen) atoms. The topological polar surface area (TPSA) is 62.6 Å². The van der Waals surface area contributed by atoms with Crippen molar-refractivity contribution in [2.24, 2.45) is 7.05 Å². The maximum Gasteiger partial charge on any atom is 0.270 e. The van der Waals surface area contributed by atoms with Crippen LogP contribution in [0.2, 0.25) is 0 Å². The van der Waals surface area contributed by atoms with Crippen molar-refractivity contribution in [3.63, 3.8) is 0 Å². The summed E-state index contributed by atoms with van der Waals surface area (Å²) in [5, 5.41) is 0. The van der Waals surface area contributed by atoms with Crippen molar-refractivity contribution >= 4 is 15.9 Å². The van der Waals surface area contributed by atoms with Gasteiger partial charge in [0, 0.05) is 38.9 Å². The molecule has 1 saturated heterocycles. The highest BCUT2D eigenvalue weighted by atomic mass is 32.2. The van der Waals surface area contributed by atoms with Crippen LogP contribution in [0, 0.1) is 0 Å². The Morgan fingerprint density at radius 1 is 1.13 bits per heavy atom. The van der Waals surface area contributed by atoms with E-state index >= 15 is 0 Å². The van der Waals surface area contributed by atoms with Gasteiger partial charge in [-0.3, -0.25) is 4.79 Å². The van der Waals surface area contributed by atoms with Crippen molar-refractivity contribution < 1.29 is 13.2 Å². The number of sulfonamides is 1. The summed E-state index contributed by atoms with van der Waals surface area (Å²) in [5.41, 5.74) is 1.77. The van der Waals surface area contributed by atoms with E-state index in [0.29, 0.717) is 18.8 Å². The van der Waals surface area contributed by atoms with E-state index in [9.17, 15) is 13.2 Å². The normalized spacial score (nSPS) is 17.3. The Kier molecular flexibility index (Phi) is 7.94. The number of nitrogens with zero attached hydrogens (tertiary/aromatic N) is 3. The summed E-state index contributed by atoms with van der Waals surface area (Å²) in [6, 6.07) is 12.2. The van der Waals surface area contributed by atoms with Crippen LogP contribution in [0.5, 0.6) is 0 Å². The Bertz CT molecular complexity index is 965. The molecule has 3 rings (SSSR count). The number of carbonyl (C=O) groups is 1. The molecular weight excluding hydrogens is 410 g/mol. The minimum absolute atomic E-state index is 0.0621. The molecule has 1 fully saturated rings. The molecule has 6 nitrogen and oxygen atoms in total. The molecule has 1 aromatic heterocycles. The zero-order valence-corrected chi connectivity index (χ0v) is 19.8. The Morgan fingerprint density at radius 3 is 2.52 bits per heavy atom. The maximum atomic E-state index is 13.4. The molecule has 7 heteroatoms. The third-order valence-corrected chi connectivity index (χ3v) is 8.29. The van der Waals surface area contributed by atoms with Crippen LogP contribution in [0.3, 0.4) is 0 Å². The summed E-state index contributed by atoms with van der Waals surface area (Å²) in [4.78, 5) is 15.6. The van der Waals surface area contributed by atoms with Gasteiger partial charge in [-0.15, -0.1) is 0 Å². The van der Waals surface area contributed by atoms with Crippen molar-refractivity contribution in [2.75, 3.05) is 19.6 Å². The van der Waals surface area contributed by atoms with Crippen molar-refractivity contribution in [1.29, 1.82) is 0 Å². The van der Waals surface area contributed by atoms with Gasteiger partial charge in [0.2, 0.25) is 10.0 Å². The van der Waals surface area contributed by atoms with Crippen LogP contribution >= 0.6 is 0 Å². The second-order valence-electron chi connectivity index (χ2n) is 8.29. The van der Waals surface area contributed by atoms with Gasteiger partial charge >= 0.3 is 0 Å². The number of benzene rings is 1. The first-order valence-corrected chi connectivity index (χ1v) is 12.8. The van der Waals surface area contributed by atoms with E-state index < -0.39 is 10.0 Å². The first-order valence-electron chi connectivity index (χ1n) is 11.4. The predicted octanol–water partition coefficient (Wildman–Crippen LogP) is 4.07. The number of amides is 1. The summed E-state index contributed by atoms with van der Waals surface area (Å²) < 4.78 is 28.9. The van der Waals surface area contributed by atoms with Gasteiger partial charge in [-0.05, 0) is 50.2 Å². The smallest absolute Gasteiger partial charge is 0.270 e. The zero-order valence-electron chi connectivity index (χ0n) is 19.0. The molecule has 1 aromatic carbocycles. The summed E-state index contributed by atoms with van der Waals surface area (Å²) in [6.45, 7) is 5.20. The van der Waals surface area contributed by atoms with Crippen molar-refractivity contribution in [3.05, 3.63) is 53.9 Å². The van der Waals surface area contributed by atoms with Crippen LogP contribution in [0.25, 0.3) is 0 Å². The van der Waals surface area contributed by atoms with Gasteiger partial charge in [-0.1, -0.05) is 44.2 Å². The minimum Gasteiger partial charge on any atom is -0.345 e. The quantitative estimate of drug-likeness (QED) is 0.584. The van der Waals surface area contributed by atoms with Crippen molar-refractivity contribution in [2.45, 2.75) is 63.3 Å². The number of aryl methyl sites for hydroxylation is 2. The first kappa shape index (κ1) is 23.5. The number of rotatable bonds is 9. The van der Waals surface area contributed by atoms with Crippen LogP contribution in [0.15, 0.2) is 47.5 Å². The highest BCUT2D eigenvalue weighted by molar-refractivity contribution is 7.89. The van der Waals surface area contributed by atoms with Crippen molar-refractivity contribution in [1.82, 2.24) is 13.8 Å². The number of carbonyl (C=O) groups excluding carboxylic acids is 1. The number of hydrogen-bond acceptors (Lipinski definition) is 3. The van der Waals surface area contributed by atoms with Gasteiger partial charge in [0.25, 0.3) is 5.91 Å². The molecule has 0 radical (unpaired) electrons. The molecule has 0 unspecified atom stereocenters. The number of aromatic nitrogens is 1. The molecule has 1 aliphatic heterocycles. The summed E-state index contributed by atoms with van der Waals surface area (Å²) in [7, 11) is -1.83. The molecule has 1 amide bonds. The fourth-order valence-electron chi connectivity index (χ4n) is 4.50. The highest BCUT2D eigenvalue weighted by Crippen LogP contribution is 2.26. The molecule has 1 atom stereocenters.